The highest BCUT2D eigenvalue weighted by Gasteiger charge is 2.12. The van der Waals surface area contributed by atoms with E-state index in [1.54, 1.807) is 0 Å². The third-order valence-electron chi connectivity index (χ3n) is 4.41. The Morgan fingerprint density at radius 2 is 1.79 bits per heavy atom. The van der Waals surface area contributed by atoms with Gasteiger partial charge in [-0.1, -0.05) is 35.9 Å². The van der Waals surface area contributed by atoms with E-state index in [0.717, 1.165) is 36.6 Å². The quantitative estimate of drug-likeness (QED) is 0.863. The van der Waals surface area contributed by atoms with Crippen LogP contribution in [0.3, 0.4) is 0 Å². The molecule has 0 spiro atoms. The molecule has 1 aliphatic rings. The predicted octanol–water partition coefficient (Wildman–Crippen LogP) is 3.91. The topological polar surface area (TPSA) is 32.3 Å². The lowest BCUT2D eigenvalue weighted by atomic mass is 10.1. The SMILES string of the molecule is O=C(NCCc1ccc(Cl)cc1)c1cccc(CN2CCCC2)c1. The molecule has 1 N–H and O–H groups in total. The zero-order valence-electron chi connectivity index (χ0n) is 13.8. The zero-order chi connectivity index (χ0) is 16.8. The maximum atomic E-state index is 12.3. The molecule has 0 radical (unpaired) electrons. The summed E-state index contributed by atoms with van der Waals surface area (Å²) in [6, 6.07) is 15.7. The first kappa shape index (κ1) is 17.0. The van der Waals surface area contributed by atoms with Crippen LogP contribution in [0.15, 0.2) is 48.5 Å². The zero-order valence-corrected chi connectivity index (χ0v) is 14.6. The van der Waals surface area contributed by atoms with E-state index in [-0.39, 0.29) is 5.91 Å². The summed E-state index contributed by atoms with van der Waals surface area (Å²) in [6.45, 7) is 3.89. The van der Waals surface area contributed by atoms with Crippen molar-refractivity contribution >= 4 is 17.5 Å². The minimum Gasteiger partial charge on any atom is -0.352 e. The van der Waals surface area contributed by atoms with Gasteiger partial charge in [-0.2, -0.15) is 0 Å². The molecule has 0 aliphatic carbocycles. The van der Waals surface area contributed by atoms with Crippen molar-refractivity contribution in [3.63, 3.8) is 0 Å². The molecule has 1 fully saturated rings. The van der Waals surface area contributed by atoms with Gasteiger partial charge in [-0.05, 0) is 67.7 Å². The molecule has 0 atom stereocenters. The second-order valence-electron chi connectivity index (χ2n) is 6.32. The Bertz CT molecular complexity index is 678. The summed E-state index contributed by atoms with van der Waals surface area (Å²) in [4.78, 5) is 14.8. The lowest BCUT2D eigenvalue weighted by Crippen LogP contribution is -2.26. The number of carbonyl (C=O) groups is 1. The number of benzene rings is 2. The van der Waals surface area contributed by atoms with E-state index in [2.05, 4.69) is 16.3 Å². The molecule has 0 unspecified atom stereocenters. The Morgan fingerprint density at radius 3 is 2.54 bits per heavy atom. The molecule has 1 amide bonds. The summed E-state index contributed by atoms with van der Waals surface area (Å²) < 4.78 is 0. The molecule has 1 saturated heterocycles. The first-order valence-electron chi connectivity index (χ1n) is 8.55. The van der Waals surface area contributed by atoms with Crippen LogP contribution in [0, 0.1) is 0 Å². The molecule has 0 aromatic heterocycles. The van der Waals surface area contributed by atoms with E-state index in [1.807, 2.05) is 42.5 Å². The number of halogens is 1. The molecule has 2 aromatic carbocycles. The molecule has 4 heteroatoms. The highest BCUT2D eigenvalue weighted by atomic mass is 35.5. The number of hydrogen-bond donors (Lipinski definition) is 1. The molecule has 0 saturated carbocycles. The van der Waals surface area contributed by atoms with E-state index in [9.17, 15) is 4.79 Å². The molecule has 3 rings (SSSR count). The largest absolute Gasteiger partial charge is 0.352 e. The smallest absolute Gasteiger partial charge is 0.251 e. The number of hydrogen-bond acceptors (Lipinski definition) is 2. The van der Waals surface area contributed by atoms with Crippen molar-refractivity contribution in [1.82, 2.24) is 10.2 Å². The molecule has 126 valence electrons. The van der Waals surface area contributed by atoms with Crippen LogP contribution in [0.5, 0.6) is 0 Å². The first-order chi connectivity index (χ1) is 11.7. The minimum absolute atomic E-state index is 0.00719. The molecule has 3 nitrogen and oxygen atoms in total. The van der Waals surface area contributed by atoms with Gasteiger partial charge in [0.2, 0.25) is 0 Å². The van der Waals surface area contributed by atoms with Crippen molar-refractivity contribution in [3.8, 4) is 0 Å². The molecular formula is C20H23ClN2O. The standard InChI is InChI=1S/C20H23ClN2O/c21-19-8-6-16(7-9-19)10-11-22-20(24)18-5-3-4-17(14-18)15-23-12-1-2-13-23/h3-9,14H,1-2,10-13,15H2,(H,22,24). The van der Waals surface area contributed by atoms with Crippen molar-refractivity contribution < 1.29 is 4.79 Å². The van der Waals surface area contributed by atoms with Crippen molar-refractivity contribution in [2.24, 2.45) is 0 Å². The molecule has 1 aliphatic heterocycles. The highest BCUT2D eigenvalue weighted by Crippen LogP contribution is 2.14. The summed E-state index contributed by atoms with van der Waals surface area (Å²) in [5, 5.41) is 3.73. The maximum absolute atomic E-state index is 12.3. The highest BCUT2D eigenvalue weighted by molar-refractivity contribution is 6.30. The van der Waals surface area contributed by atoms with Gasteiger partial charge in [0, 0.05) is 23.7 Å². The van der Waals surface area contributed by atoms with Crippen LogP contribution in [-0.4, -0.2) is 30.4 Å². The van der Waals surface area contributed by atoms with Crippen molar-refractivity contribution in [2.45, 2.75) is 25.8 Å². The number of likely N-dealkylation sites (tertiary alicyclic amines) is 1. The number of nitrogens with one attached hydrogen (secondary N) is 1. The van der Waals surface area contributed by atoms with Gasteiger partial charge in [0.1, 0.15) is 0 Å². The first-order valence-corrected chi connectivity index (χ1v) is 8.92. The number of amides is 1. The Balaban J connectivity index is 1.51. The number of carbonyl (C=O) groups excluding carboxylic acids is 1. The van der Waals surface area contributed by atoms with Gasteiger partial charge in [-0.25, -0.2) is 0 Å². The van der Waals surface area contributed by atoms with Crippen LogP contribution in [0.2, 0.25) is 5.02 Å². The molecule has 2 aromatic rings. The van der Waals surface area contributed by atoms with E-state index < -0.39 is 0 Å². The maximum Gasteiger partial charge on any atom is 0.251 e. The Kier molecular flexibility index (Phi) is 5.89. The van der Waals surface area contributed by atoms with Crippen molar-refractivity contribution in [2.75, 3.05) is 19.6 Å². The summed E-state index contributed by atoms with van der Waals surface area (Å²) in [6.07, 6.45) is 3.37. The monoisotopic (exact) mass is 342 g/mol. The summed E-state index contributed by atoms with van der Waals surface area (Å²) >= 11 is 5.88. The minimum atomic E-state index is -0.00719. The Hall–Kier alpha value is -1.84. The van der Waals surface area contributed by atoms with Gasteiger partial charge in [-0.3, -0.25) is 9.69 Å². The van der Waals surface area contributed by atoms with Crippen molar-refractivity contribution in [1.29, 1.82) is 0 Å². The fourth-order valence-corrected chi connectivity index (χ4v) is 3.21. The van der Waals surface area contributed by atoms with Gasteiger partial charge in [0.25, 0.3) is 5.91 Å². The Labute approximate surface area is 148 Å². The second-order valence-corrected chi connectivity index (χ2v) is 6.75. The summed E-state index contributed by atoms with van der Waals surface area (Å²) in [7, 11) is 0. The molecule has 24 heavy (non-hydrogen) atoms. The van der Waals surface area contributed by atoms with E-state index in [0.29, 0.717) is 6.54 Å². The fraction of sp³-hybridized carbons (Fsp3) is 0.350. The van der Waals surface area contributed by atoms with Crippen LogP contribution in [0.4, 0.5) is 0 Å². The predicted molar refractivity (Wildman–Crippen MR) is 98.4 cm³/mol. The summed E-state index contributed by atoms with van der Waals surface area (Å²) in [5.74, 6) is -0.00719. The Morgan fingerprint density at radius 1 is 1.04 bits per heavy atom. The van der Waals surface area contributed by atoms with Crippen LogP contribution < -0.4 is 5.32 Å². The molecular weight excluding hydrogens is 320 g/mol. The van der Waals surface area contributed by atoms with Crippen LogP contribution >= 0.6 is 11.6 Å². The van der Waals surface area contributed by atoms with Crippen LogP contribution in [-0.2, 0) is 13.0 Å². The average molecular weight is 343 g/mol. The van der Waals surface area contributed by atoms with Crippen LogP contribution in [0.1, 0.15) is 34.3 Å². The van der Waals surface area contributed by atoms with Crippen molar-refractivity contribution in [3.05, 3.63) is 70.2 Å². The lowest BCUT2D eigenvalue weighted by molar-refractivity contribution is 0.0954. The van der Waals surface area contributed by atoms with Gasteiger partial charge < -0.3 is 5.32 Å². The van der Waals surface area contributed by atoms with Gasteiger partial charge in [0.15, 0.2) is 0 Å². The van der Waals surface area contributed by atoms with Crippen LogP contribution in [0.25, 0.3) is 0 Å². The molecule has 1 heterocycles. The third kappa shape index (κ3) is 4.83. The number of rotatable bonds is 6. The summed E-state index contributed by atoms with van der Waals surface area (Å²) in [5.41, 5.74) is 3.12. The second kappa shape index (κ2) is 8.32. The number of nitrogens with zero attached hydrogens (tertiary/aromatic N) is 1. The van der Waals surface area contributed by atoms with E-state index >= 15 is 0 Å². The normalized spacial score (nSPS) is 14.7. The van der Waals surface area contributed by atoms with Gasteiger partial charge >= 0.3 is 0 Å². The third-order valence-corrected chi connectivity index (χ3v) is 4.66. The molecule has 0 bridgehead atoms. The lowest BCUT2D eigenvalue weighted by Gasteiger charge is -2.15. The van der Waals surface area contributed by atoms with E-state index in [1.165, 1.54) is 24.0 Å². The van der Waals surface area contributed by atoms with Gasteiger partial charge in [-0.15, -0.1) is 0 Å². The fourth-order valence-electron chi connectivity index (χ4n) is 3.08. The van der Waals surface area contributed by atoms with Gasteiger partial charge in [0.05, 0.1) is 0 Å². The average Bonchev–Trinajstić information content (AvgIpc) is 3.10. The van der Waals surface area contributed by atoms with E-state index in [4.69, 9.17) is 11.6 Å².